The van der Waals surface area contributed by atoms with Crippen molar-refractivity contribution in [3.63, 3.8) is 0 Å². The van der Waals surface area contributed by atoms with Crippen LogP contribution in [0.25, 0.3) is 0 Å². The molecule has 2 aromatic carbocycles. The van der Waals surface area contributed by atoms with Crippen molar-refractivity contribution in [2.75, 3.05) is 4.90 Å². The van der Waals surface area contributed by atoms with Gasteiger partial charge < -0.3 is 4.90 Å². The Labute approximate surface area is 140 Å². The first-order valence-electron chi connectivity index (χ1n) is 7.44. The van der Waals surface area contributed by atoms with E-state index in [9.17, 15) is 8.42 Å². The van der Waals surface area contributed by atoms with Crippen LogP contribution in [-0.2, 0) is 9.84 Å². The molecule has 116 valence electrons. The number of anilines is 2. The van der Waals surface area contributed by atoms with Gasteiger partial charge in [0.15, 0.2) is 0 Å². The standard InChI is InChI=1S/C17H18BrNO2S/c1-2-3-12-17(18)19-13-8-4-6-10-15(13)22(20,21)16-11-7-5-9-14(16)19/h4-11,17H,2-3,12H2,1H3. The fourth-order valence-electron chi connectivity index (χ4n) is 2.82. The summed E-state index contributed by atoms with van der Waals surface area (Å²) in [7, 11) is -3.45. The smallest absolute Gasteiger partial charge is 0.210 e. The van der Waals surface area contributed by atoms with Gasteiger partial charge in [0.25, 0.3) is 0 Å². The quantitative estimate of drug-likeness (QED) is 0.560. The molecular weight excluding hydrogens is 362 g/mol. The lowest BCUT2D eigenvalue weighted by Crippen LogP contribution is -2.31. The van der Waals surface area contributed by atoms with Crippen LogP contribution in [0, 0.1) is 0 Å². The molecule has 0 radical (unpaired) electrons. The number of rotatable bonds is 4. The highest BCUT2D eigenvalue weighted by atomic mass is 79.9. The number of hydrogen-bond donors (Lipinski definition) is 0. The minimum absolute atomic E-state index is 0.0743. The Balaban J connectivity index is 2.20. The number of unbranched alkanes of at least 4 members (excludes halogenated alkanes) is 1. The normalized spacial score (nSPS) is 16.7. The SMILES string of the molecule is CCCCC(Br)N1c2ccccc2S(=O)(=O)c2ccccc21. The summed E-state index contributed by atoms with van der Waals surface area (Å²) in [5.41, 5.74) is 1.50. The van der Waals surface area contributed by atoms with E-state index < -0.39 is 9.84 Å². The summed E-state index contributed by atoms with van der Waals surface area (Å²) in [5, 5.41) is 0. The molecule has 0 saturated carbocycles. The Morgan fingerprint density at radius 2 is 1.50 bits per heavy atom. The monoisotopic (exact) mass is 379 g/mol. The van der Waals surface area contributed by atoms with E-state index in [-0.39, 0.29) is 4.95 Å². The van der Waals surface area contributed by atoms with Crippen molar-refractivity contribution in [1.29, 1.82) is 0 Å². The van der Waals surface area contributed by atoms with Crippen LogP contribution < -0.4 is 4.90 Å². The molecule has 22 heavy (non-hydrogen) atoms. The fourth-order valence-corrected chi connectivity index (χ4v) is 5.22. The molecule has 2 aromatic rings. The average molecular weight is 380 g/mol. The predicted molar refractivity (Wildman–Crippen MR) is 92.7 cm³/mol. The van der Waals surface area contributed by atoms with Crippen molar-refractivity contribution < 1.29 is 8.42 Å². The minimum atomic E-state index is -3.45. The van der Waals surface area contributed by atoms with E-state index in [1.807, 2.05) is 24.3 Å². The van der Waals surface area contributed by atoms with Crippen molar-refractivity contribution in [1.82, 2.24) is 0 Å². The first kappa shape index (κ1) is 15.6. The van der Waals surface area contributed by atoms with E-state index in [0.29, 0.717) is 9.79 Å². The zero-order chi connectivity index (χ0) is 15.7. The predicted octanol–water partition coefficient (Wildman–Crippen LogP) is 4.88. The molecule has 1 atom stereocenters. The minimum Gasteiger partial charge on any atom is -0.326 e. The molecule has 1 aliphatic rings. The van der Waals surface area contributed by atoms with Crippen molar-refractivity contribution >= 4 is 37.1 Å². The van der Waals surface area contributed by atoms with Crippen molar-refractivity contribution in [2.24, 2.45) is 0 Å². The zero-order valence-corrected chi connectivity index (χ0v) is 14.8. The molecule has 3 nitrogen and oxygen atoms in total. The van der Waals surface area contributed by atoms with Gasteiger partial charge in [0.2, 0.25) is 9.84 Å². The van der Waals surface area contributed by atoms with E-state index in [1.165, 1.54) is 0 Å². The fraction of sp³-hybridized carbons (Fsp3) is 0.294. The summed E-state index contributed by atoms with van der Waals surface area (Å²) in [6.45, 7) is 2.16. The first-order valence-corrected chi connectivity index (χ1v) is 9.83. The number of sulfone groups is 1. The van der Waals surface area contributed by atoms with Gasteiger partial charge in [-0.3, -0.25) is 0 Å². The summed E-state index contributed by atoms with van der Waals surface area (Å²) in [4.78, 5) is 2.94. The molecule has 0 aromatic heterocycles. The van der Waals surface area contributed by atoms with Crippen LogP contribution in [0.5, 0.6) is 0 Å². The molecule has 3 rings (SSSR count). The number of halogens is 1. The van der Waals surface area contributed by atoms with Gasteiger partial charge in [0, 0.05) is 0 Å². The van der Waals surface area contributed by atoms with Crippen molar-refractivity contribution in [2.45, 2.75) is 40.9 Å². The largest absolute Gasteiger partial charge is 0.326 e. The number of alkyl halides is 1. The molecular formula is C17H18BrNO2S. The number of fused-ring (bicyclic) bond motifs is 2. The van der Waals surface area contributed by atoms with Gasteiger partial charge in [-0.25, -0.2) is 8.42 Å². The number of nitrogens with zero attached hydrogens (tertiary/aromatic N) is 1. The van der Waals surface area contributed by atoms with Crippen LogP contribution in [0.2, 0.25) is 0 Å². The lowest BCUT2D eigenvalue weighted by molar-refractivity contribution is 0.592. The molecule has 0 amide bonds. The molecule has 0 saturated heterocycles. The molecule has 0 fully saturated rings. The maximum absolute atomic E-state index is 12.8. The van der Waals surface area contributed by atoms with Crippen LogP contribution in [0.15, 0.2) is 58.3 Å². The second-order valence-corrected chi connectivity index (χ2v) is 8.33. The van der Waals surface area contributed by atoms with Crippen LogP contribution in [0.4, 0.5) is 11.4 Å². The van der Waals surface area contributed by atoms with Gasteiger partial charge in [-0.15, -0.1) is 0 Å². The third-order valence-corrected chi connectivity index (χ3v) is 6.62. The Morgan fingerprint density at radius 3 is 2.00 bits per heavy atom. The molecule has 0 N–H and O–H groups in total. The highest BCUT2D eigenvalue weighted by Gasteiger charge is 2.35. The maximum Gasteiger partial charge on any atom is 0.210 e. The Kier molecular flexibility index (Phi) is 4.28. The molecule has 1 aliphatic heterocycles. The van der Waals surface area contributed by atoms with Gasteiger partial charge >= 0.3 is 0 Å². The third kappa shape index (κ3) is 2.46. The molecule has 1 heterocycles. The van der Waals surface area contributed by atoms with E-state index in [4.69, 9.17) is 0 Å². The maximum atomic E-state index is 12.8. The molecule has 0 bridgehead atoms. The van der Waals surface area contributed by atoms with Crippen molar-refractivity contribution in [3.05, 3.63) is 48.5 Å². The van der Waals surface area contributed by atoms with Gasteiger partial charge in [-0.2, -0.15) is 0 Å². The number of para-hydroxylation sites is 2. The van der Waals surface area contributed by atoms with Crippen molar-refractivity contribution in [3.8, 4) is 0 Å². The van der Waals surface area contributed by atoms with E-state index in [2.05, 4.69) is 27.8 Å². The topological polar surface area (TPSA) is 37.4 Å². The lowest BCUT2D eigenvalue weighted by atomic mass is 10.2. The molecule has 0 aliphatic carbocycles. The highest BCUT2D eigenvalue weighted by molar-refractivity contribution is 9.09. The Morgan fingerprint density at radius 1 is 1.00 bits per heavy atom. The van der Waals surface area contributed by atoms with Crippen LogP contribution in [-0.4, -0.2) is 13.4 Å². The van der Waals surface area contributed by atoms with Gasteiger partial charge in [0.1, 0.15) is 0 Å². The van der Waals surface area contributed by atoms with Crippen LogP contribution in [0.3, 0.4) is 0 Å². The van der Waals surface area contributed by atoms with Gasteiger partial charge in [0.05, 0.1) is 26.1 Å². The van der Waals surface area contributed by atoms with Gasteiger partial charge in [-0.1, -0.05) is 60.0 Å². The summed E-state index contributed by atoms with van der Waals surface area (Å²) >= 11 is 3.75. The summed E-state index contributed by atoms with van der Waals surface area (Å²) in [6, 6.07) is 14.4. The second kappa shape index (κ2) is 6.05. The van der Waals surface area contributed by atoms with E-state index >= 15 is 0 Å². The third-order valence-electron chi connectivity index (χ3n) is 3.90. The second-order valence-electron chi connectivity index (χ2n) is 5.39. The Hall–Kier alpha value is -1.33. The van der Waals surface area contributed by atoms with Crippen LogP contribution >= 0.6 is 15.9 Å². The molecule has 1 unspecified atom stereocenters. The number of hydrogen-bond acceptors (Lipinski definition) is 3. The summed E-state index contributed by atoms with van der Waals surface area (Å²) < 4.78 is 25.7. The summed E-state index contributed by atoms with van der Waals surface area (Å²) in [6.07, 6.45) is 3.15. The zero-order valence-electron chi connectivity index (χ0n) is 12.4. The van der Waals surface area contributed by atoms with E-state index in [1.54, 1.807) is 24.3 Å². The van der Waals surface area contributed by atoms with Gasteiger partial charge in [-0.05, 0) is 30.7 Å². The number of benzene rings is 2. The Bertz CT molecular complexity index is 735. The first-order chi connectivity index (χ1) is 10.6. The molecule has 0 spiro atoms. The lowest BCUT2D eigenvalue weighted by Gasteiger charge is -2.36. The molecule has 5 heteroatoms. The average Bonchev–Trinajstić information content (AvgIpc) is 2.53. The summed E-state index contributed by atoms with van der Waals surface area (Å²) in [5.74, 6) is 0. The van der Waals surface area contributed by atoms with E-state index in [0.717, 1.165) is 30.6 Å². The van der Waals surface area contributed by atoms with Crippen LogP contribution in [0.1, 0.15) is 26.2 Å². The highest BCUT2D eigenvalue weighted by Crippen LogP contribution is 2.46.